The normalized spacial score (nSPS) is 24.4. The van der Waals surface area contributed by atoms with Gasteiger partial charge in [0, 0.05) is 18.6 Å². The number of aryl methyl sites for hydroxylation is 1. The van der Waals surface area contributed by atoms with Crippen molar-refractivity contribution in [3.05, 3.63) is 27.4 Å². The van der Waals surface area contributed by atoms with Crippen molar-refractivity contribution in [2.75, 3.05) is 0 Å². The summed E-state index contributed by atoms with van der Waals surface area (Å²) >= 11 is 0. The molecule has 1 aliphatic heterocycles. The molecule has 18 heavy (non-hydrogen) atoms. The van der Waals surface area contributed by atoms with Crippen LogP contribution in [0.25, 0.3) is 0 Å². The van der Waals surface area contributed by atoms with E-state index >= 15 is 0 Å². The zero-order valence-electron chi connectivity index (χ0n) is 12.4. The zero-order chi connectivity index (χ0) is 13.8. The predicted octanol–water partition coefficient (Wildman–Crippen LogP) is 2.32. The Morgan fingerprint density at radius 3 is 2.22 bits per heavy atom. The van der Waals surface area contributed by atoms with Gasteiger partial charge in [-0.25, -0.2) is 4.98 Å². The van der Waals surface area contributed by atoms with Crippen LogP contribution in [0.3, 0.4) is 0 Å². The molecule has 0 aromatic carbocycles. The summed E-state index contributed by atoms with van der Waals surface area (Å²) in [4.78, 5) is 19.4. The van der Waals surface area contributed by atoms with Crippen molar-refractivity contribution >= 4 is 0 Å². The van der Waals surface area contributed by atoms with Crippen molar-refractivity contribution in [1.29, 1.82) is 0 Å². The summed E-state index contributed by atoms with van der Waals surface area (Å²) < 4.78 is 1.65. The number of hydrogen-bond donors (Lipinski definition) is 0. The second-order valence-corrected chi connectivity index (χ2v) is 6.25. The maximum absolute atomic E-state index is 12.4. The SMILES string of the molecule is Cc1nc2c(c(=O)n1C)C(C)N(C(C)(C)C)C2C. The number of nitrogens with zero attached hydrogens (tertiary/aromatic N) is 3. The van der Waals surface area contributed by atoms with E-state index in [1.807, 2.05) is 6.92 Å². The van der Waals surface area contributed by atoms with Crippen molar-refractivity contribution in [2.24, 2.45) is 7.05 Å². The Hall–Kier alpha value is -1.16. The first-order valence-electron chi connectivity index (χ1n) is 6.52. The fourth-order valence-electron chi connectivity index (χ4n) is 3.23. The molecule has 2 unspecified atom stereocenters. The van der Waals surface area contributed by atoms with Gasteiger partial charge in [-0.15, -0.1) is 0 Å². The van der Waals surface area contributed by atoms with E-state index in [1.54, 1.807) is 11.6 Å². The molecule has 0 saturated heterocycles. The Morgan fingerprint density at radius 2 is 1.72 bits per heavy atom. The van der Waals surface area contributed by atoms with Gasteiger partial charge in [0.05, 0.1) is 17.3 Å². The number of aromatic nitrogens is 2. The highest BCUT2D eigenvalue weighted by Gasteiger charge is 2.42. The molecule has 4 nitrogen and oxygen atoms in total. The molecule has 0 fully saturated rings. The van der Waals surface area contributed by atoms with Crippen molar-refractivity contribution in [3.8, 4) is 0 Å². The number of hydrogen-bond acceptors (Lipinski definition) is 3. The number of fused-ring (bicyclic) bond motifs is 1. The lowest BCUT2D eigenvalue weighted by Gasteiger charge is -2.38. The molecule has 2 heterocycles. The summed E-state index contributed by atoms with van der Waals surface area (Å²) in [6.07, 6.45) is 0. The standard InChI is InChI=1S/C14H23N3O/c1-8-11-12(9(2)17(8)14(4,5)6)15-10(3)16(7)13(11)18/h8-9H,1-7H3. The van der Waals surface area contributed by atoms with E-state index in [2.05, 4.69) is 44.5 Å². The lowest BCUT2D eigenvalue weighted by atomic mass is 10.0. The smallest absolute Gasteiger partial charge is 0.258 e. The van der Waals surface area contributed by atoms with Crippen LogP contribution < -0.4 is 5.56 Å². The third kappa shape index (κ3) is 1.70. The second-order valence-electron chi connectivity index (χ2n) is 6.25. The summed E-state index contributed by atoms with van der Waals surface area (Å²) in [7, 11) is 1.79. The average Bonchev–Trinajstić information content (AvgIpc) is 2.47. The summed E-state index contributed by atoms with van der Waals surface area (Å²) in [5.74, 6) is 0.786. The molecule has 0 bridgehead atoms. The minimum atomic E-state index is 0.0262. The fourth-order valence-corrected chi connectivity index (χ4v) is 3.23. The van der Waals surface area contributed by atoms with Crippen LogP contribution in [0.15, 0.2) is 4.79 Å². The van der Waals surface area contributed by atoms with E-state index < -0.39 is 0 Å². The van der Waals surface area contributed by atoms with Crippen LogP contribution in [-0.2, 0) is 7.05 Å². The summed E-state index contributed by atoms with van der Waals surface area (Å²) in [6.45, 7) is 12.7. The monoisotopic (exact) mass is 249 g/mol. The molecule has 1 aromatic rings. The Labute approximate surface area is 109 Å². The molecule has 0 N–H and O–H groups in total. The van der Waals surface area contributed by atoms with Crippen LogP contribution in [-0.4, -0.2) is 20.0 Å². The Balaban J connectivity index is 2.67. The molecule has 2 rings (SSSR count). The van der Waals surface area contributed by atoms with Gasteiger partial charge in [0.15, 0.2) is 0 Å². The van der Waals surface area contributed by atoms with Gasteiger partial charge in [-0.3, -0.25) is 14.3 Å². The highest BCUT2D eigenvalue weighted by Crippen LogP contribution is 2.43. The maximum Gasteiger partial charge on any atom is 0.258 e. The highest BCUT2D eigenvalue weighted by atomic mass is 16.1. The van der Waals surface area contributed by atoms with Gasteiger partial charge in [0.25, 0.3) is 5.56 Å². The first kappa shape index (κ1) is 13.3. The summed E-state index contributed by atoms with van der Waals surface area (Å²) in [6, 6.07) is 0.324. The molecule has 1 aromatic heterocycles. The Bertz CT molecular complexity index is 539. The van der Waals surface area contributed by atoms with Crippen LogP contribution >= 0.6 is 0 Å². The molecule has 0 spiro atoms. The van der Waals surface area contributed by atoms with Gasteiger partial charge in [-0.2, -0.15) is 0 Å². The largest absolute Gasteiger partial charge is 0.300 e. The van der Waals surface area contributed by atoms with Crippen molar-refractivity contribution < 1.29 is 0 Å². The first-order chi connectivity index (χ1) is 8.16. The van der Waals surface area contributed by atoms with Crippen molar-refractivity contribution in [2.45, 2.75) is 59.2 Å². The van der Waals surface area contributed by atoms with E-state index in [9.17, 15) is 4.79 Å². The van der Waals surface area contributed by atoms with Crippen LogP contribution in [0.5, 0.6) is 0 Å². The van der Waals surface area contributed by atoms with E-state index in [1.165, 1.54) is 0 Å². The Kier molecular flexibility index (Phi) is 2.89. The van der Waals surface area contributed by atoms with Crippen molar-refractivity contribution in [3.63, 3.8) is 0 Å². The summed E-state index contributed by atoms with van der Waals surface area (Å²) in [5.41, 5.74) is 1.95. The molecular weight excluding hydrogens is 226 g/mol. The molecule has 1 aliphatic rings. The second kappa shape index (κ2) is 3.92. The molecule has 4 heteroatoms. The number of rotatable bonds is 0. The van der Waals surface area contributed by atoms with Crippen LogP contribution in [0, 0.1) is 6.92 Å². The predicted molar refractivity (Wildman–Crippen MR) is 72.6 cm³/mol. The third-order valence-corrected chi connectivity index (χ3v) is 4.00. The fraction of sp³-hybridized carbons (Fsp3) is 0.714. The molecule has 100 valence electrons. The van der Waals surface area contributed by atoms with E-state index in [0.29, 0.717) is 0 Å². The molecule has 2 atom stereocenters. The van der Waals surface area contributed by atoms with Gasteiger partial charge < -0.3 is 0 Å². The quantitative estimate of drug-likeness (QED) is 0.708. The summed E-state index contributed by atoms with van der Waals surface area (Å²) in [5, 5.41) is 0. The first-order valence-corrected chi connectivity index (χ1v) is 6.52. The molecule has 0 amide bonds. The topological polar surface area (TPSA) is 38.1 Å². The Morgan fingerprint density at radius 1 is 1.17 bits per heavy atom. The van der Waals surface area contributed by atoms with E-state index in [0.717, 1.165) is 17.1 Å². The van der Waals surface area contributed by atoms with Gasteiger partial charge in [-0.05, 0) is 41.5 Å². The average molecular weight is 249 g/mol. The molecular formula is C14H23N3O. The van der Waals surface area contributed by atoms with E-state index in [-0.39, 0.29) is 23.2 Å². The van der Waals surface area contributed by atoms with Crippen LogP contribution in [0.2, 0.25) is 0 Å². The lowest BCUT2D eigenvalue weighted by molar-refractivity contribution is 0.0660. The van der Waals surface area contributed by atoms with Crippen LogP contribution in [0.4, 0.5) is 0 Å². The van der Waals surface area contributed by atoms with Crippen LogP contribution in [0.1, 0.15) is 63.8 Å². The highest BCUT2D eigenvalue weighted by molar-refractivity contribution is 5.31. The van der Waals surface area contributed by atoms with Gasteiger partial charge in [0.2, 0.25) is 0 Å². The molecule has 0 radical (unpaired) electrons. The minimum Gasteiger partial charge on any atom is -0.300 e. The van der Waals surface area contributed by atoms with E-state index in [4.69, 9.17) is 0 Å². The maximum atomic E-state index is 12.4. The zero-order valence-corrected chi connectivity index (χ0v) is 12.4. The van der Waals surface area contributed by atoms with Gasteiger partial charge >= 0.3 is 0 Å². The van der Waals surface area contributed by atoms with Gasteiger partial charge in [0.1, 0.15) is 5.82 Å². The third-order valence-electron chi connectivity index (χ3n) is 4.00. The lowest BCUT2D eigenvalue weighted by Crippen LogP contribution is -2.41. The molecule has 0 aliphatic carbocycles. The minimum absolute atomic E-state index is 0.0262. The van der Waals surface area contributed by atoms with Crippen molar-refractivity contribution in [1.82, 2.24) is 14.5 Å². The molecule has 0 saturated carbocycles. The van der Waals surface area contributed by atoms with Gasteiger partial charge in [-0.1, -0.05) is 0 Å².